The van der Waals surface area contributed by atoms with Crippen molar-refractivity contribution in [2.45, 2.75) is 13.8 Å². The maximum atomic E-state index is 6.09. The zero-order valence-corrected chi connectivity index (χ0v) is 12.4. The Labute approximate surface area is 124 Å². The maximum Gasteiger partial charge on any atom is 0.143 e. The van der Waals surface area contributed by atoms with Crippen LogP contribution in [0.15, 0.2) is 77.3 Å². The highest BCUT2D eigenvalue weighted by Gasteiger charge is 2.11. The Kier molecular flexibility index (Phi) is 3.49. The van der Waals surface area contributed by atoms with E-state index in [2.05, 4.69) is 49.9 Å². The molecule has 1 aromatic heterocycles. The minimum absolute atomic E-state index is 0.930. The number of allylic oxidation sites excluding steroid dienone is 5. The van der Waals surface area contributed by atoms with Crippen LogP contribution in [0.5, 0.6) is 0 Å². The van der Waals surface area contributed by atoms with Crippen LogP contribution in [0.25, 0.3) is 27.5 Å². The Morgan fingerprint density at radius 2 is 1.81 bits per heavy atom. The van der Waals surface area contributed by atoms with Gasteiger partial charge in [-0.25, -0.2) is 0 Å². The molecule has 0 atom stereocenters. The molecule has 1 heteroatoms. The summed E-state index contributed by atoms with van der Waals surface area (Å²) in [5, 5.41) is 2.32. The highest BCUT2D eigenvalue weighted by Crippen LogP contribution is 2.34. The highest BCUT2D eigenvalue weighted by molar-refractivity contribution is 6.08. The van der Waals surface area contributed by atoms with Crippen molar-refractivity contribution in [3.8, 4) is 0 Å². The van der Waals surface area contributed by atoms with E-state index in [1.807, 2.05) is 31.2 Å². The largest absolute Gasteiger partial charge is 0.455 e. The molecule has 0 saturated heterocycles. The second kappa shape index (κ2) is 5.45. The van der Waals surface area contributed by atoms with Crippen LogP contribution < -0.4 is 0 Å². The number of rotatable bonds is 3. The first-order chi connectivity index (χ1) is 10.2. The van der Waals surface area contributed by atoms with Gasteiger partial charge in [0.1, 0.15) is 11.2 Å². The second-order valence-electron chi connectivity index (χ2n) is 5.12. The predicted molar refractivity (Wildman–Crippen MR) is 91.3 cm³/mol. The Morgan fingerprint density at radius 3 is 2.57 bits per heavy atom. The van der Waals surface area contributed by atoms with Crippen LogP contribution >= 0.6 is 0 Å². The average molecular weight is 274 g/mol. The molecule has 0 bridgehead atoms. The van der Waals surface area contributed by atoms with Gasteiger partial charge in [-0.3, -0.25) is 0 Å². The summed E-state index contributed by atoms with van der Waals surface area (Å²) in [6, 6.07) is 14.5. The minimum atomic E-state index is 0.930. The average Bonchev–Trinajstić information content (AvgIpc) is 2.91. The summed E-state index contributed by atoms with van der Waals surface area (Å²) in [4.78, 5) is 0. The molecule has 0 unspecified atom stereocenters. The third-order valence-corrected chi connectivity index (χ3v) is 3.73. The zero-order chi connectivity index (χ0) is 14.8. The summed E-state index contributed by atoms with van der Waals surface area (Å²) in [6.07, 6.45) is 6.10. The third kappa shape index (κ3) is 2.31. The number of para-hydroxylation sites is 2. The van der Waals surface area contributed by atoms with Gasteiger partial charge in [-0.05, 0) is 25.5 Å². The van der Waals surface area contributed by atoms with Gasteiger partial charge in [0.05, 0.1) is 0 Å². The van der Waals surface area contributed by atoms with E-state index < -0.39 is 0 Å². The normalized spacial score (nSPS) is 13.0. The molecule has 0 spiro atoms. The van der Waals surface area contributed by atoms with Gasteiger partial charge in [-0.15, -0.1) is 0 Å². The van der Waals surface area contributed by atoms with Crippen LogP contribution in [0.1, 0.15) is 19.4 Å². The van der Waals surface area contributed by atoms with E-state index in [9.17, 15) is 0 Å². The fourth-order valence-electron chi connectivity index (χ4n) is 2.60. The van der Waals surface area contributed by atoms with Gasteiger partial charge in [-0.1, -0.05) is 66.8 Å². The van der Waals surface area contributed by atoms with Crippen molar-refractivity contribution in [3.63, 3.8) is 0 Å². The Morgan fingerprint density at radius 1 is 1.05 bits per heavy atom. The summed E-state index contributed by atoms with van der Waals surface area (Å²) in [6.45, 7) is 7.92. The molecule has 0 fully saturated rings. The molecule has 3 aromatic rings. The maximum absolute atomic E-state index is 6.09. The van der Waals surface area contributed by atoms with E-state index in [0.29, 0.717) is 0 Å². The van der Waals surface area contributed by atoms with Gasteiger partial charge in [-0.2, -0.15) is 0 Å². The molecule has 1 heterocycles. The number of furan rings is 1. The summed E-state index contributed by atoms with van der Waals surface area (Å²) in [7, 11) is 0. The van der Waals surface area contributed by atoms with E-state index in [1.54, 1.807) is 0 Å². The molecule has 0 aliphatic carbocycles. The summed E-state index contributed by atoms with van der Waals surface area (Å²) in [5.41, 5.74) is 5.28. The monoisotopic (exact) mass is 274 g/mol. The fraction of sp³-hybridized carbons (Fsp3) is 0.100. The zero-order valence-electron chi connectivity index (χ0n) is 12.4. The molecule has 0 aliphatic heterocycles. The SMILES string of the molecule is C=CC(C)=CC(=CC)c1cccc2c1oc1ccccc12. The first kappa shape index (κ1) is 13.4. The van der Waals surface area contributed by atoms with Crippen molar-refractivity contribution >= 4 is 27.5 Å². The Hall–Kier alpha value is -2.54. The van der Waals surface area contributed by atoms with Crippen LogP contribution in [-0.2, 0) is 0 Å². The summed E-state index contributed by atoms with van der Waals surface area (Å²) >= 11 is 0. The van der Waals surface area contributed by atoms with Gasteiger partial charge in [0.25, 0.3) is 0 Å². The van der Waals surface area contributed by atoms with Crippen LogP contribution in [0.3, 0.4) is 0 Å². The molecule has 0 aliphatic rings. The van der Waals surface area contributed by atoms with Crippen LogP contribution in [0.2, 0.25) is 0 Å². The van der Waals surface area contributed by atoms with Gasteiger partial charge < -0.3 is 4.42 Å². The number of fused-ring (bicyclic) bond motifs is 3. The van der Waals surface area contributed by atoms with Crippen molar-refractivity contribution in [2.24, 2.45) is 0 Å². The van der Waals surface area contributed by atoms with Crippen molar-refractivity contribution in [2.75, 3.05) is 0 Å². The standard InChI is InChI=1S/C20H18O/c1-4-14(3)13-15(5-2)16-10-8-11-18-17-9-6-7-12-19(17)21-20(16)18/h4-13H,1H2,2-3H3. The Balaban J connectivity index is 2.30. The molecule has 1 nitrogen and oxygen atoms in total. The number of hydrogen-bond donors (Lipinski definition) is 0. The van der Waals surface area contributed by atoms with E-state index in [1.165, 1.54) is 0 Å². The first-order valence-corrected chi connectivity index (χ1v) is 7.12. The Bertz CT molecular complexity index is 875. The molecule has 0 amide bonds. The predicted octanol–water partition coefficient (Wildman–Crippen LogP) is 6.12. The molecule has 2 aromatic carbocycles. The van der Waals surface area contributed by atoms with Crippen molar-refractivity contribution in [1.29, 1.82) is 0 Å². The van der Waals surface area contributed by atoms with Crippen molar-refractivity contribution in [3.05, 3.63) is 78.4 Å². The van der Waals surface area contributed by atoms with Crippen LogP contribution in [-0.4, -0.2) is 0 Å². The van der Waals surface area contributed by atoms with Crippen LogP contribution in [0.4, 0.5) is 0 Å². The lowest BCUT2D eigenvalue weighted by Crippen LogP contribution is -1.83. The molecular weight excluding hydrogens is 256 g/mol. The smallest absolute Gasteiger partial charge is 0.143 e. The van der Waals surface area contributed by atoms with E-state index in [-0.39, 0.29) is 0 Å². The van der Waals surface area contributed by atoms with Gasteiger partial charge in [0, 0.05) is 16.3 Å². The molecule has 21 heavy (non-hydrogen) atoms. The number of hydrogen-bond acceptors (Lipinski definition) is 1. The molecule has 0 N–H and O–H groups in total. The van der Waals surface area contributed by atoms with E-state index >= 15 is 0 Å². The molecular formula is C20H18O. The third-order valence-electron chi connectivity index (χ3n) is 3.73. The first-order valence-electron chi connectivity index (χ1n) is 7.12. The number of benzene rings is 2. The summed E-state index contributed by atoms with van der Waals surface area (Å²) < 4.78 is 6.09. The molecule has 0 saturated carbocycles. The highest BCUT2D eigenvalue weighted by atomic mass is 16.3. The van der Waals surface area contributed by atoms with Gasteiger partial charge in [0.2, 0.25) is 0 Å². The fourth-order valence-corrected chi connectivity index (χ4v) is 2.60. The van der Waals surface area contributed by atoms with E-state index in [4.69, 9.17) is 4.42 Å². The van der Waals surface area contributed by atoms with Gasteiger partial charge in [0.15, 0.2) is 0 Å². The lowest BCUT2D eigenvalue weighted by Gasteiger charge is -2.04. The minimum Gasteiger partial charge on any atom is -0.455 e. The van der Waals surface area contributed by atoms with Crippen LogP contribution in [0, 0.1) is 0 Å². The lowest BCUT2D eigenvalue weighted by atomic mass is 10.0. The molecule has 3 rings (SSSR count). The molecule has 104 valence electrons. The second-order valence-corrected chi connectivity index (χ2v) is 5.12. The lowest BCUT2D eigenvalue weighted by molar-refractivity contribution is 0.668. The van der Waals surface area contributed by atoms with Crippen molar-refractivity contribution in [1.82, 2.24) is 0 Å². The quantitative estimate of drug-likeness (QED) is 0.524. The van der Waals surface area contributed by atoms with E-state index in [0.717, 1.165) is 38.6 Å². The van der Waals surface area contributed by atoms with Gasteiger partial charge >= 0.3 is 0 Å². The molecule has 0 radical (unpaired) electrons. The van der Waals surface area contributed by atoms with Crippen molar-refractivity contribution < 1.29 is 4.42 Å². The topological polar surface area (TPSA) is 13.1 Å². The summed E-state index contributed by atoms with van der Waals surface area (Å²) in [5.74, 6) is 0.